The van der Waals surface area contributed by atoms with Crippen LogP contribution in [0.2, 0.25) is 0 Å². The summed E-state index contributed by atoms with van der Waals surface area (Å²) < 4.78 is 0. The summed E-state index contributed by atoms with van der Waals surface area (Å²) in [5, 5.41) is 0. The standard InChI is InChI=1S/C12H17NO/c14-12(11-8-5-9-13-11)10-6-3-1-2-4-7-10/h5,8-10,13H,1-4,6-7H2. The minimum Gasteiger partial charge on any atom is -0.359 e. The number of rotatable bonds is 2. The number of ketones is 1. The van der Waals surface area contributed by atoms with Gasteiger partial charge in [0.15, 0.2) is 5.78 Å². The van der Waals surface area contributed by atoms with Gasteiger partial charge in [-0.2, -0.15) is 0 Å². The molecule has 14 heavy (non-hydrogen) atoms. The normalized spacial score (nSPS) is 19.1. The van der Waals surface area contributed by atoms with Crippen molar-refractivity contribution in [1.29, 1.82) is 0 Å². The van der Waals surface area contributed by atoms with Crippen LogP contribution in [0.3, 0.4) is 0 Å². The van der Waals surface area contributed by atoms with Crippen LogP contribution in [0.25, 0.3) is 0 Å². The highest BCUT2D eigenvalue weighted by Crippen LogP contribution is 2.25. The maximum absolute atomic E-state index is 12.0. The third-order valence-electron chi connectivity index (χ3n) is 3.09. The molecule has 1 saturated carbocycles. The van der Waals surface area contributed by atoms with Gasteiger partial charge < -0.3 is 4.98 Å². The average Bonchev–Trinajstić information content (AvgIpc) is 2.59. The third-order valence-corrected chi connectivity index (χ3v) is 3.09. The first-order valence-electron chi connectivity index (χ1n) is 5.55. The van der Waals surface area contributed by atoms with Crippen molar-refractivity contribution in [2.45, 2.75) is 38.5 Å². The Hall–Kier alpha value is -1.05. The summed E-state index contributed by atoms with van der Waals surface area (Å²) in [4.78, 5) is 15.0. The van der Waals surface area contributed by atoms with E-state index in [9.17, 15) is 4.79 Å². The molecule has 0 saturated heterocycles. The summed E-state index contributed by atoms with van der Waals surface area (Å²) in [5.74, 6) is 0.591. The molecular weight excluding hydrogens is 174 g/mol. The predicted octanol–water partition coefficient (Wildman–Crippen LogP) is 3.17. The number of hydrogen-bond donors (Lipinski definition) is 1. The Morgan fingerprint density at radius 1 is 1.21 bits per heavy atom. The highest BCUT2D eigenvalue weighted by atomic mass is 16.1. The monoisotopic (exact) mass is 191 g/mol. The fraction of sp³-hybridized carbons (Fsp3) is 0.583. The van der Waals surface area contributed by atoms with Crippen molar-refractivity contribution in [1.82, 2.24) is 4.98 Å². The molecule has 0 atom stereocenters. The molecule has 2 nitrogen and oxygen atoms in total. The number of nitrogens with one attached hydrogen (secondary N) is 1. The molecule has 1 aliphatic rings. The summed E-state index contributed by atoms with van der Waals surface area (Å²) >= 11 is 0. The van der Waals surface area contributed by atoms with Gasteiger partial charge in [-0.15, -0.1) is 0 Å². The number of aromatic amines is 1. The fourth-order valence-corrected chi connectivity index (χ4v) is 2.25. The van der Waals surface area contributed by atoms with Crippen LogP contribution in [0.15, 0.2) is 18.3 Å². The van der Waals surface area contributed by atoms with E-state index in [0.29, 0.717) is 5.78 Å². The van der Waals surface area contributed by atoms with E-state index < -0.39 is 0 Å². The van der Waals surface area contributed by atoms with Gasteiger partial charge >= 0.3 is 0 Å². The minimum absolute atomic E-state index is 0.274. The molecule has 0 unspecified atom stereocenters. The van der Waals surface area contributed by atoms with Crippen LogP contribution in [-0.2, 0) is 0 Å². The second kappa shape index (κ2) is 4.45. The number of carbonyl (C=O) groups excluding carboxylic acids is 1. The lowest BCUT2D eigenvalue weighted by Crippen LogP contribution is -2.14. The van der Waals surface area contributed by atoms with E-state index in [0.717, 1.165) is 18.5 Å². The lowest BCUT2D eigenvalue weighted by atomic mass is 9.94. The smallest absolute Gasteiger partial charge is 0.182 e. The minimum atomic E-state index is 0.274. The zero-order valence-electron chi connectivity index (χ0n) is 8.46. The van der Waals surface area contributed by atoms with Gasteiger partial charge in [-0.3, -0.25) is 4.79 Å². The lowest BCUT2D eigenvalue weighted by molar-refractivity contribution is 0.0903. The second-order valence-corrected chi connectivity index (χ2v) is 4.14. The third kappa shape index (κ3) is 2.06. The Kier molecular flexibility index (Phi) is 3.02. The first-order valence-corrected chi connectivity index (χ1v) is 5.55. The van der Waals surface area contributed by atoms with Crippen LogP contribution < -0.4 is 0 Å². The highest BCUT2D eigenvalue weighted by molar-refractivity contribution is 5.96. The molecule has 0 radical (unpaired) electrons. The van der Waals surface area contributed by atoms with E-state index in [-0.39, 0.29) is 5.92 Å². The molecule has 0 aromatic carbocycles. The second-order valence-electron chi connectivity index (χ2n) is 4.14. The molecule has 0 aliphatic heterocycles. The van der Waals surface area contributed by atoms with E-state index in [1.54, 1.807) is 0 Å². The van der Waals surface area contributed by atoms with Crippen LogP contribution in [0.5, 0.6) is 0 Å². The van der Waals surface area contributed by atoms with Gasteiger partial charge in [0.1, 0.15) is 0 Å². The zero-order chi connectivity index (χ0) is 9.80. The molecule has 1 fully saturated rings. The van der Waals surface area contributed by atoms with Crippen LogP contribution in [0.1, 0.15) is 49.0 Å². The lowest BCUT2D eigenvalue weighted by Gasteiger charge is -2.10. The maximum Gasteiger partial charge on any atom is 0.182 e. The van der Waals surface area contributed by atoms with E-state index in [2.05, 4.69) is 4.98 Å². The van der Waals surface area contributed by atoms with Gasteiger partial charge in [-0.1, -0.05) is 25.7 Å². The van der Waals surface area contributed by atoms with Crippen molar-refractivity contribution >= 4 is 5.78 Å². The summed E-state index contributed by atoms with van der Waals surface area (Å²) in [6, 6.07) is 3.77. The van der Waals surface area contributed by atoms with Crippen molar-refractivity contribution in [3.05, 3.63) is 24.0 Å². The van der Waals surface area contributed by atoms with Gasteiger partial charge in [0.05, 0.1) is 5.69 Å². The highest BCUT2D eigenvalue weighted by Gasteiger charge is 2.21. The quantitative estimate of drug-likeness (QED) is 0.565. The Labute approximate surface area is 84.7 Å². The Morgan fingerprint density at radius 2 is 1.93 bits per heavy atom. The summed E-state index contributed by atoms with van der Waals surface area (Å²) in [6.45, 7) is 0. The van der Waals surface area contributed by atoms with Crippen molar-refractivity contribution in [3.8, 4) is 0 Å². The van der Waals surface area contributed by atoms with Crippen LogP contribution in [-0.4, -0.2) is 10.8 Å². The first kappa shape index (κ1) is 9.50. The predicted molar refractivity (Wildman–Crippen MR) is 56.3 cm³/mol. The molecule has 0 spiro atoms. The summed E-state index contributed by atoms with van der Waals surface area (Å²) in [5.41, 5.74) is 0.789. The number of carbonyl (C=O) groups is 1. The van der Waals surface area contributed by atoms with Crippen molar-refractivity contribution < 1.29 is 4.79 Å². The molecule has 1 aromatic rings. The van der Waals surface area contributed by atoms with Gasteiger partial charge in [-0.25, -0.2) is 0 Å². The van der Waals surface area contributed by atoms with Crippen molar-refractivity contribution in [3.63, 3.8) is 0 Å². The Balaban J connectivity index is 2.03. The molecule has 1 aliphatic carbocycles. The summed E-state index contributed by atoms with van der Waals surface area (Å²) in [6.07, 6.45) is 9.02. The molecule has 1 aromatic heterocycles. The van der Waals surface area contributed by atoms with E-state index in [4.69, 9.17) is 0 Å². The van der Waals surface area contributed by atoms with Crippen LogP contribution in [0.4, 0.5) is 0 Å². The van der Waals surface area contributed by atoms with Gasteiger partial charge in [0.25, 0.3) is 0 Å². The molecule has 0 bridgehead atoms. The SMILES string of the molecule is O=C(c1ccc[nH]1)C1CCCCCC1. The molecular formula is C12H17NO. The van der Waals surface area contributed by atoms with Crippen molar-refractivity contribution in [2.24, 2.45) is 5.92 Å². The number of aromatic nitrogens is 1. The van der Waals surface area contributed by atoms with Crippen LogP contribution >= 0.6 is 0 Å². The zero-order valence-corrected chi connectivity index (χ0v) is 8.46. The number of Topliss-reactive ketones (excluding diaryl/α,β-unsaturated/α-hetero) is 1. The Morgan fingerprint density at radius 3 is 2.50 bits per heavy atom. The molecule has 76 valence electrons. The maximum atomic E-state index is 12.0. The Bertz CT molecular complexity index is 281. The summed E-state index contributed by atoms with van der Waals surface area (Å²) in [7, 11) is 0. The number of hydrogen-bond acceptors (Lipinski definition) is 1. The fourth-order valence-electron chi connectivity index (χ4n) is 2.25. The van der Waals surface area contributed by atoms with E-state index in [1.807, 2.05) is 18.3 Å². The largest absolute Gasteiger partial charge is 0.359 e. The van der Waals surface area contributed by atoms with E-state index >= 15 is 0 Å². The van der Waals surface area contributed by atoms with Gasteiger partial charge in [0, 0.05) is 12.1 Å². The molecule has 1 N–H and O–H groups in total. The van der Waals surface area contributed by atoms with Gasteiger partial charge in [0.2, 0.25) is 0 Å². The van der Waals surface area contributed by atoms with E-state index in [1.165, 1.54) is 25.7 Å². The topological polar surface area (TPSA) is 32.9 Å². The average molecular weight is 191 g/mol. The van der Waals surface area contributed by atoms with Crippen LogP contribution in [0, 0.1) is 5.92 Å². The molecule has 2 rings (SSSR count). The van der Waals surface area contributed by atoms with Gasteiger partial charge in [-0.05, 0) is 25.0 Å². The number of H-pyrrole nitrogens is 1. The van der Waals surface area contributed by atoms with Crippen molar-refractivity contribution in [2.75, 3.05) is 0 Å². The molecule has 0 amide bonds. The molecule has 1 heterocycles. The first-order chi connectivity index (χ1) is 6.88. The molecule has 2 heteroatoms.